The van der Waals surface area contributed by atoms with E-state index in [4.69, 9.17) is 32.9 Å². The Labute approximate surface area is 272 Å². The van der Waals surface area contributed by atoms with Crippen LogP contribution in [0.1, 0.15) is 30.9 Å². The molecule has 6 nitrogen and oxygen atoms in total. The third-order valence-electron chi connectivity index (χ3n) is 6.79. The molecule has 0 bridgehead atoms. The van der Waals surface area contributed by atoms with Crippen LogP contribution in [0.5, 0.6) is 5.75 Å². The Kier molecular flexibility index (Phi) is 12.0. The Balaban J connectivity index is 1.37. The number of carbonyl (C=O) groups is 1. The number of hydrogen-bond acceptors (Lipinski definition) is 5. The number of imidazole rings is 1. The van der Waals surface area contributed by atoms with E-state index < -0.39 is 11.9 Å². The van der Waals surface area contributed by atoms with E-state index in [0.29, 0.717) is 27.9 Å². The molecule has 0 radical (unpaired) electrons. The number of nitrogens with zero attached hydrogens (tertiary/aromatic N) is 2. The molecule has 1 aliphatic rings. The van der Waals surface area contributed by atoms with Gasteiger partial charge in [0.05, 0.1) is 22.0 Å². The average molecular weight is 647 g/mol. The monoisotopic (exact) mass is 645 g/mol. The first-order chi connectivity index (χ1) is 21.3. The van der Waals surface area contributed by atoms with Gasteiger partial charge in [0.1, 0.15) is 17.5 Å². The number of rotatable bonds is 13. The highest BCUT2D eigenvalue weighted by Gasteiger charge is 2.18. The van der Waals surface area contributed by atoms with Gasteiger partial charge in [-0.1, -0.05) is 89.8 Å². The molecular formula is C35H33Cl2N3O3S. The van der Waals surface area contributed by atoms with Crippen LogP contribution in [-0.4, -0.2) is 26.9 Å². The van der Waals surface area contributed by atoms with E-state index in [1.54, 1.807) is 43.4 Å². The number of carboxylic acids is 1. The van der Waals surface area contributed by atoms with Crippen LogP contribution in [0, 0.1) is 5.92 Å². The lowest BCUT2D eigenvalue weighted by Gasteiger charge is -2.12. The number of nitrogens with one attached hydrogen (secondary N) is 1. The van der Waals surface area contributed by atoms with Crippen molar-refractivity contribution in [2.45, 2.75) is 26.8 Å². The van der Waals surface area contributed by atoms with E-state index >= 15 is 0 Å². The quantitative estimate of drug-likeness (QED) is 0.0837. The smallest absolute Gasteiger partial charge is 0.316 e. The van der Waals surface area contributed by atoms with E-state index in [2.05, 4.69) is 46.2 Å². The number of halogens is 2. The highest BCUT2D eigenvalue weighted by atomic mass is 35.5. The predicted molar refractivity (Wildman–Crippen MR) is 182 cm³/mol. The molecule has 4 rings (SSSR count). The van der Waals surface area contributed by atoms with E-state index in [9.17, 15) is 9.90 Å². The van der Waals surface area contributed by atoms with Gasteiger partial charge in [-0.05, 0) is 67.0 Å². The zero-order chi connectivity index (χ0) is 31.5. The molecule has 0 fully saturated rings. The zero-order valence-corrected chi connectivity index (χ0v) is 27.0. The summed E-state index contributed by atoms with van der Waals surface area (Å²) in [4.78, 5) is 16.5. The van der Waals surface area contributed by atoms with Gasteiger partial charge in [-0.2, -0.15) is 0 Å². The number of hydrogen-bond donors (Lipinski definition) is 2. The molecule has 226 valence electrons. The maximum atomic E-state index is 11.6. The van der Waals surface area contributed by atoms with Gasteiger partial charge in [-0.25, -0.2) is 4.98 Å². The van der Waals surface area contributed by atoms with Gasteiger partial charge in [0.2, 0.25) is 0 Å². The molecule has 0 amide bonds. The number of allylic oxidation sites excluding steroid dienone is 8. The molecule has 0 aliphatic heterocycles. The van der Waals surface area contributed by atoms with Crippen molar-refractivity contribution in [1.82, 2.24) is 14.3 Å². The van der Waals surface area contributed by atoms with Crippen LogP contribution in [0.4, 0.5) is 0 Å². The Bertz CT molecular complexity index is 1690. The summed E-state index contributed by atoms with van der Waals surface area (Å²) in [5.74, 6) is -0.0558. The highest BCUT2D eigenvalue weighted by Crippen LogP contribution is 2.30. The van der Waals surface area contributed by atoms with Crippen molar-refractivity contribution in [3.05, 3.63) is 142 Å². The molecule has 1 atom stereocenters. The second kappa shape index (κ2) is 16.1. The number of benzene rings is 2. The van der Waals surface area contributed by atoms with Crippen molar-refractivity contribution in [2.24, 2.45) is 5.92 Å². The second-order valence-corrected chi connectivity index (χ2v) is 11.1. The number of aryl methyl sites for hydroxylation is 1. The minimum Gasteiger partial charge on any atom is -0.481 e. The van der Waals surface area contributed by atoms with Gasteiger partial charge in [0.25, 0.3) is 0 Å². The molecule has 1 aliphatic carbocycles. The van der Waals surface area contributed by atoms with Crippen LogP contribution < -0.4 is 9.46 Å². The summed E-state index contributed by atoms with van der Waals surface area (Å²) in [5, 5.41) is 10.5. The Hall–Kier alpha value is -4.13. The normalized spacial score (nSPS) is 14.3. The van der Waals surface area contributed by atoms with E-state index in [0.717, 1.165) is 40.3 Å². The summed E-state index contributed by atoms with van der Waals surface area (Å²) in [7, 11) is 0. The predicted octanol–water partition coefficient (Wildman–Crippen LogP) is 8.88. The van der Waals surface area contributed by atoms with E-state index in [1.807, 2.05) is 42.8 Å². The maximum Gasteiger partial charge on any atom is 0.316 e. The number of carboxylic acid groups (broad SMARTS) is 1. The average Bonchev–Trinajstić information content (AvgIpc) is 3.34. The Morgan fingerprint density at radius 1 is 1.14 bits per heavy atom. The fourth-order valence-corrected chi connectivity index (χ4v) is 5.50. The van der Waals surface area contributed by atoms with Crippen molar-refractivity contribution in [2.75, 3.05) is 6.26 Å². The first kappa shape index (κ1) is 32.8. The van der Waals surface area contributed by atoms with Gasteiger partial charge in [0, 0.05) is 36.7 Å². The minimum atomic E-state index is -0.928. The molecule has 0 saturated carbocycles. The molecule has 0 spiro atoms. The van der Waals surface area contributed by atoms with Crippen LogP contribution in [0.3, 0.4) is 0 Å². The largest absolute Gasteiger partial charge is 0.481 e. The van der Waals surface area contributed by atoms with Crippen molar-refractivity contribution >= 4 is 46.7 Å². The number of aliphatic carboxylic acids is 1. The number of ether oxygens (including phenoxy) is 1. The summed E-state index contributed by atoms with van der Waals surface area (Å²) in [5.41, 5.74) is 8.49. The summed E-state index contributed by atoms with van der Waals surface area (Å²) in [6.45, 7) is 4.69. The summed E-state index contributed by atoms with van der Waals surface area (Å²) < 4.78 is 10.8. The van der Waals surface area contributed by atoms with Crippen LogP contribution in [0.25, 0.3) is 16.7 Å². The fraction of sp³-hybridized carbons (Fsp3) is 0.171. The molecule has 1 heterocycles. The topological polar surface area (TPSA) is 76.4 Å². The van der Waals surface area contributed by atoms with E-state index in [-0.39, 0.29) is 0 Å². The van der Waals surface area contributed by atoms with Gasteiger partial charge in [-0.15, -0.1) is 5.73 Å². The molecule has 1 unspecified atom stereocenters. The van der Waals surface area contributed by atoms with Gasteiger partial charge >= 0.3 is 5.97 Å². The van der Waals surface area contributed by atoms with Crippen molar-refractivity contribution in [3.8, 4) is 16.9 Å². The van der Waals surface area contributed by atoms with Crippen LogP contribution in [0.2, 0.25) is 0 Å². The van der Waals surface area contributed by atoms with Gasteiger partial charge in [0.15, 0.2) is 0 Å². The van der Waals surface area contributed by atoms with Crippen molar-refractivity contribution in [1.29, 1.82) is 0 Å². The summed E-state index contributed by atoms with van der Waals surface area (Å²) in [6, 6.07) is 16.2. The molecule has 0 saturated heterocycles. The third-order valence-corrected chi connectivity index (χ3v) is 7.76. The minimum absolute atomic E-state index is 0.453. The molecule has 2 N–H and O–H groups in total. The molecule has 3 aromatic rings. The highest BCUT2D eigenvalue weighted by molar-refractivity contribution is 7.96. The first-order valence-electron chi connectivity index (χ1n) is 14.0. The van der Waals surface area contributed by atoms with Gasteiger partial charge in [-0.3, -0.25) is 4.79 Å². The Morgan fingerprint density at radius 2 is 1.84 bits per heavy atom. The standard InChI is InChI=1S/C35H33Cl2N3O3S/c1-4-32(39-44-3)30(35(41)42)10-6-7-20-43-28-18-16-26(17-19-28)25-14-12-24(13-15-25)21-34-38-33(23-40(34)5-2)29-11-8-9-27(36)22-31(29)37/h4,6-8,10-20,22-23,30,39H,5,21H2,1-3H3,(H,41,42)/b10-6?,20-7+,32-4+. The lowest BCUT2D eigenvalue weighted by Crippen LogP contribution is -2.20. The molecule has 1 aromatic heterocycles. The molecular weight excluding hydrogens is 613 g/mol. The van der Waals surface area contributed by atoms with E-state index in [1.165, 1.54) is 18.2 Å². The van der Waals surface area contributed by atoms with Gasteiger partial charge < -0.3 is 19.1 Å². The number of aromatic nitrogens is 2. The van der Waals surface area contributed by atoms with Crippen molar-refractivity contribution in [3.63, 3.8) is 0 Å². The van der Waals surface area contributed by atoms with Crippen LogP contribution in [-0.2, 0) is 17.8 Å². The summed E-state index contributed by atoms with van der Waals surface area (Å²) >= 11 is 13.9. The molecule has 9 heteroatoms. The maximum absolute atomic E-state index is 11.6. The first-order valence-corrected chi connectivity index (χ1v) is 15.9. The second-order valence-electron chi connectivity index (χ2n) is 9.66. The lowest BCUT2D eigenvalue weighted by molar-refractivity contribution is -0.139. The third kappa shape index (κ3) is 8.71. The van der Waals surface area contributed by atoms with Crippen LogP contribution in [0.15, 0.2) is 125 Å². The fourth-order valence-electron chi connectivity index (χ4n) is 4.52. The van der Waals surface area contributed by atoms with Crippen LogP contribution >= 0.6 is 35.1 Å². The van der Waals surface area contributed by atoms with Crippen molar-refractivity contribution < 1.29 is 14.6 Å². The SMILES string of the molecule is C/C=C(/NSC)C(C=C/C=C/Oc1ccc(-c2ccc(Cc3nc(C4=CC=C=C(Cl)C=C4Cl)cn3CC)cc2)cc1)C(=O)O. The molecule has 44 heavy (non-hydrogen) atoms. The lowest BCUT2D eigenvalue weighted by atomic mass is 10.0. The summed E-state index contributed by atoms with van der Waals surface area (Å²) in [6.07, 6.45) is 18.1. The molecule has 2 aromatic carbocycles. The zero-order valence-electron chi connectivity index (χ0n) is 24.6. The Morgan fingerprint density at radius 3 is 2.48 bits per heavy atom.